The fourth-order valence-corrected chi connectivity index (χ4v) is 1.83. The zero-order valence-electron chi connectivity index (χ0n) is 10.3. The molecule has 1 unspecified atom stereocenters. The Bertz CT molecular complexity index is 418. The van der Waals surface area contributed by atoms with E-state index in [1.165, 1.54) is 0 Å². The Morgan fingerprint density at radius 2 is 2.00 bits per heavy atom. The predicted molar refractivity (Wildman–Crippen MR) is 69.8 cm³/mol. The number of anilines is 1. The number of alkyl halides is 1. The molecule has 0 saturated heterocycles. The molecule has 0 aliphatic heterocycles. The fraction of sp³-hybridized carbons (Fsp3) is 0.538. The molecule has 6 heteroatoms. The van der Waals surface area contributed by atoms with Crippen molar-refractivity contribution in [2.75, 3.05) is 17.7 Å². The molecule has 1 aliphatic carbocycles. The fourth-order valence-electron chi connectivity index (χ4n) is 1.72. The molecule has 1 aromatic carbocycles. The monoisotopic (exact) mass is 291 g/mol. The van der Waals surface area contributed by atoms with Crippen LogP contribution in [0.15, 0.2) is 12.1 Å². The number of hydrogen-bond donors (Lipinski definition) is 2. The highest BCUT2D eigenvalue weighted by Crippen LogP contribution is 2.31. The van der Waals surface area contributed by atoms with Crippen LogP contribution in [0, 0.1) is 11.6 Å². The van der Waals surface area contributed by atoms with Gasteiger partial charge < -0.3 is 15.2 Å². The van der Waals surface area contributed by atoms with Gasteiger partial charge in [-0.1, -0.05) is 0 Å². The van der Waals surface area contributed by atoms with E-state index in [0.717, 1.165) is 31.4 Å². The highest BCUT2D eigenvalue weighted by atomic mass is 35.5. The Kier molecular flexibility index (Phi) is 4.82. The molecule has 2 N–H and O–H groups in total. The van der Waals surface area contributed by atoms with E-state index in [1.54, 1.807) is 0 Å². The minimum Gasteiger partial charge on any atom is -0.484 e. The van der Waals surface area contributed by atoms with Gasteiger partial charge in [-0.2, -0.15) is 0 Å². The smallest absolute Gasteiger partial charge is 0.191 e. The van der Waals surface area contributed by atoms with Crippen LogP contribution in [-0.4, -0.2) is 29.7 Å². The van der Waals surface area contributed by atoms with Crippen LogP contribution in [0.1, 0.15) is 19.3 Å². The lowest BCUT2D eigenvalue weighted by molar-refractivity contribution is 0.109. The predicted octanol–water partition coefficient (Wildman–Crippen LogP) is 2.91. The first-order chi connectivity index (χ1) is 9.10. The molecule has 3 nitrogen and oxygen atoms in total. The molecule has 0 heterocycles. The quantitative estimate of drug-likeness (QED) is 0.792. The van der Waals surface area contributed by atoms with Crippen LogP contribution < -0.4 is 10.1 Å². The first kappa shape index (κ1) is 14.3. The lowest BCUT2D eigenvalue weighted by Gasteiger charge is -2.26. The van der Waals surface area contributed by atoms with Crippen molar-refractivity contribution in [3.63, 3.8) is 0 Å². The number of benzene rings is 1. The zero-order chi connectivity index (χ0) is 13.8. The third kappa shape index (κ3) is 3.70. The third-order valence-electron chi connectivity index (χ3n) is 3.05. The van der Waals surface area contributed by atoms with Crippen LogP contribution in [0.5, 0.6) is 5.75 Å². The Balaban J connectivity index is 2.03. The van der Waals surface area contributed by atoms with Gasteiger partial charge in [-0.25, -0.2) is 8.78 Å². The lowest BCUT2D eigenvalue weighted by Crippen LogP contribution is -2.25. The number of hydrogen-bond acceptors (Lipinski definition) is 3. The molecule has 1 aromatic rings. The second kappa shape index (κ2) is 6.39. The molecule has 1 saturated carbocycles. The molecule has 0 aromatic heterocycles. The van der Waals surface area contributed by atoms with E-state index >= 15 is 0 Å². The molecule has 19 heavy (non-hydrogen) atoms. The van der Waals surface area contributed by atoms with Crippen LogP contribution in [0.2, 0.25) is 0 Å². The summed E-state index contributed by atoms with van der Waals surface area (Å²) in [7, 11) is 0. The van der Waals surface area contributed by atoms with E-state index < -0.39 is 17.7 Å². The van der Waals surface area contributed by atoms with E-state index in [4.69, 9.17) is 16.3 Å². The minimum atomic E-state index is -0.765. The number of rotatable bonds is 6. The molecule has 1 aliphatic rings. The van der Waals surface area contributed by atoms with Crippen LogP contribution in [0.25, 0.3) is 0 Å². The van der Waals surface area contributed by atoms with E-state index in [-0.39, 0.29) is 30.0 Å². The number of aliphatic hydroxyl groups excluding tert-OH is 1. The van der Waals surface area contributed by atoms with Crippen molar-refractivity contribution in [1.29, 1.82) is 0 Å². The maximum absolute atomic E-state index is 13.7. The number of halogens is 3. The molecule has 1 atom stereocenters. The first-order valence-corrected chi connectivity index (χ1v) is 6.77. The molecule has 106 valence electrons. The molecular weight excluding hydrogens is 276 g/mol. The van der Waals surface area contributed by atoms with Gasteiger partial charge in [0.1, 0.15) is 0 Å². The Hall–Kier alpha value is -1.07. The number of nitrogens with one attached hydrogen (secondary N) is 1. The Morgan fingerprint density at radius 3 is 2.47 bits per heavy atom. The molecule has 0 bridgehead atoms. The van der Waals surface area contributed by atoms with Crippen LogP contribution in [-0.2, 0) is 0 Å². The van der Waals surface area contributed by atoms with Crippen molar-refractivity contribution < 1.29 is 18.6 Å². The summed E-state index contributed by atoms with van der Waals surface area (Å²) in [6, 6.07) is 2.30. The van der Waals surface area contributed by atoms with Gasteiger partial charge in [-0.05, 0) is 19.3 Å². The molecule has 2 rings (SSSR count). The first-order valence-electron chi connectivity index (χ1n) is 6.23. The van der Waals surface area contributed by atoms with E-state index in [9.17, 15) is 13.9 Å². The lowest BCUT2D eigenvalue weighted by atomic mass is 9.96. The van der Waals surface area contributed by atoms with Crippen molar-refractivity contribution in [1.82, 2.24) is 0 Å². The highest BCUT2D eigenvalue weighted by molar-refractivity contribution is 6.18. The third-order valence-corrected chi connectivity index (χ3v) is 3.41. The van der Waals surface area contributed by atoms with Crippen LogP contribution >= 0.6 is 11.6 Å². The molecular formula is C13H16ClF2NO2. The maximum atomic E-state index is 13.7. The molecule has 0 spiro atoms. The van der Waals surface area contributed by atoms with E-state index in [2.05, 4.69) is 5.32 Å². The van der Waals surface area contributed by atoms with Crippen molar-refractivity contribution in [3.8, 4) is 5.75 Å². The van der Waals surface area contributed by atoms with E-state index in [0.29, 0.717) is 0 Å². The van der Waals surface area contributed by atoms with Gasteiger partial charge in [0.25, 0.3) is 0 Å². The van der Waals surface area contributed by atoms with Crippen molar-refractivity contribution in [3.05, 3.63) is 23.8 Å². The van der Waals surface area contributed by atoms with E-state index in [1.807, 2.05) is 0 Å². The summed E-state index contributed by atoms with van der Waals surface area (Å²) >= 11 is 5.43. The molecule has 0 amide bonds. The topological polar surface area (TPSA) is 41.5 Å². The highest BCUT2D eigenvalue weighted by Gasteiger charge is 2.23. The second-order valence-corrected chi connectivity index (χ2v) is 4.94. The van der Waals surface area contributed by atoms with Crippen molar-refractivity contribution in [2.45, 2.75) is 31.5 Å². The number of aliphatic hydroxyl groups is 1. The minimum absolute atomic E-state index is 0.0564. The van der Waals surface area contributed by atoms with Crippen LogP contribution in [0.3, 0.4) is 0 Å². The Labute approximate surface area is 115 Å². The summed E-state index contributed by atoms with van der Waals surface area (Å²) < 4.78 is 32.8. The Morgan fingerprint density at radius 1 is 1.37 bits per heavy atom. The molecule has 1 fully saturated rings. The normalized spacial score (nSPS) is 16.8. The summed E-state index contributed by atoms with van der Waals surface area (Å²) in [4.78, 5) is 0. The summed E-state index contributed by atoms with van der Waals surface area (Å²) in [6.07, 6.45) is 1.85. The molecule has 0 radical (unpaired) electrons. The largest absolute Gasteiger partial charge is 0.484 e. The summed E-state index contributed by atoms with van der Waals surface area (Å²) in [6.45, 7) is 0.130. The SMILES string of the molecule is OC(CCl)CNc1cc(F)c(OC2CCC2)c(F)c1. The zero-order valence-corrected chi connectivity index (χ0v) is 11.1. The number of ether oxygens (including phenoxy) is 1. The van der Waals surface area contributed by atoms with Crippen molar-refractivity contribution >= 4 is 17.3 Å². The van der Waals surface area contributed by atoms with Gasteiger partial charge in [-0.3, -0.25) is 0 Å². The van der Waals surface area contributed by atoms with Crippen LogP contribution in [0.4, 0.5) is 14.5 Å². The summed E-state index contributed by atoms with van der Waals surface area (Å²) in [5.41, 5.74) is 0.250. The average molecular weight is 292 g/mol. The summed E-state index contributed by atoms with van der Waals surface area (Å²) in [5, 5.41) is 12.0. The van der Waals surface area contributed by atoms with Gasteiger partial charge in [0.15, 0.2) is 17.4 Å². The van der Waals surface area contributed by atoms with Gasteiger partial charge in [0, 0.05) is 24.4 Å². The average Bonchev–Trinajstić information content (AvgIpc) is 2.32. The van der Waals surface area contributed by atoms with Crippen molar-refractivity contribution in [2.24, 2.45) is 0 Å². The summed E-state index contributed by atoms with van der Waals surface area (Å²) in [5.74, 6) is -1.75. The van der Waals surface area contributed by atoms with Gasteiger partial charge in [0.05, 0.1) is 18.1 Å². The van der Waals surface area contributed by atoms with Gasteiger partial charge in [0.2, 0.25) is 0 Å². The second-order valence-electron chi connectivity index (χ2n) is 4.63. The maximum Gasteiger partial charge on any atom is 0.191 e. The standard InChI is InChI=1S/C13H16ClF2NO2/c14-6-9(18)7-17-8-4-11(15)13(12(16)5-8)19-10-2-1-3-10/h4-5,9-10,17-18H,1-3,6-7H2. The van der Waals surface area contributed by atoms with Gasteiger partial charge in [-0.15, -0.1) is 11.6 Å². The van der Waals surface area contributed by atoms with Gasteiger partial charge >= 0.3 is 0 Å².